The minimum absolute atomic E-state index is 0.00140. The molecule has 0 spiro atoms. The highest BCUT2D eigenvalue weighted by Gasteiger charge is 2.44. The molecule has 2 aromatic rings. The highest BCUT2D eigenvalue weighted by atomic mass is 16.6. The predicted molar refractivity (Wildman–Crippen MR) is 168 cm³/mol. The van der Waals surface area contributed by atoms with Crippen LogP contribution >= 0.6 is 0 Å². The molecule has 4 atom stereocenters. The zero-order chi connectivity index (χ0) is 32.3. The number of rotatable bonds is 6. The van der Waals surface area contributed by atoms with Gasteiger partial charge in [0.2, 0.25) is 0 Å². The van der Waals surface area contributed by atoms with Crippen LogP contribution in [0.4, 0.5) is 5.69 Å². The first-order valence-electron chi connectivity index (χ1n) is 15.7. The molecule has 0 saturated heterocycles. The fourth-order valence-electron chi connectivity index (χ4n) is 6.60. The van der Waals surface area contributed by atoms with Gasteiger partial charge in [0.05, 0.1) is 18.9 Å². The molecule has 4 N–H and O–H groups in total. The van der Waals surface area contributed by atoms with E-state index in [1.807, 2.05) is 25.1 Å². The number of aliphatic hydroxyl groups excluding tert-OH is 1. The second-order valence-electron chi connectivity index (χ2n) is 12.4. The summed E-state index contributed by atoms with van der Waals surface area (Å²) >= 11 is 0. The summed E-state index contributed by atoms with van der Waals surface area (Å²) in [5.74, 6) is 4.40. The quantitative estimate of drug-likeness (QED) is 0.156. The number of phenols is 1. The molecule has 2 heterocycles. The lowest BCUT2D eigenvalue weighted by molar-refractivity contribution is -0.169. The first-order valence-corrected chi connectivity index (χ1v) is 15.7. The van der Waals surface area contributed by atoms with Crippen LogP contribution in [0.15, 0.2) is 42.0 Å². The molecular weight excluding hydrogens is 574 g/mol. The maximum absolute atomic E-state index is 13.9. The topological polar surface area (TPSA) is 142 Å². The minimum atomic E-state index is -1.50. The van der Waals surface area contributed by atoms with Crippen LogP contribution in [0.2, 0.25) is 0 Å². The Hall–Kier alpha value is -4.13. The number of benzene rings is 2. The summed E-state index contributed by atoms with van der Waals surface area (Å²) in [4.78, 5) is 38.4. The molecule has 5 rings (SSSR count). The Kier molecular flexibility index (Phi) is 9.66. The van der Waals surface area contributed by atoms with Gasteiger partial charge in [0, 0.05) is 54.6 Å². The Morgan fingerprint density at radius 2 is 1.76 bits per heavy atom. The van der Waals surface area contributed by atoms with E-state index in [-0.39, 0.29) is 49.1 Å². The van der Waals surface area contributed by atoms with Crippen LogP contribution in [0.5, 0.6) is 11.5 Å². The van der Waals surface area contributed by atoms with Crippen molar-refractivity contribution in [1.82, 2.24) is 0 Å². The van der Waals surface area contributed by atoms with E-state index in [0.717, 1.165) is 11.3 Å². The third-order valence-corrected chi connectivity index (χ3v) is 9.30. The SMILES string of the molecule is C/C=C1/C[C@@H](c2cc(CO)cc(NCC)c2)C#C[C@H]2CC(=O)Oc3cc(O)c(cc32)C[C@H]([C@@](C)(O)C2CCC(=O)CC2)OC1=O. The van der Waals surface area contributed by atoms with Crippen molar-refractivity contribution in [1.29, 1.82) is 0 Å². The number of ether oxygens (including phenoxy) is 2. The van der Waals surface area contributed by atoms with Gasteiger partial charge >= 0.3 is 11.9 Å². The van der Waals surface area contributed by atoms with E-state index in [0.29, 0.717) is 54.5 Å². The monoisotopic (exact) mass is 615 g/mol. The number of ketones is 1. The van der Waals surface area contributed by atoms with Gasteiger partial charge < -0.3 is 30.1 Å². The number of aliphatic hydroxyl groups is 2. The van der Waals surface area contributed by atoms with E-state index in [2.05, 4.69) is 17.2 Å². The number of phenolic OH excluding ortho intramolecular Hbond substituents is 1. The summed E-state index contributed by atoms with van der Waals surface area (Å²) in [5, 5.41) is 36.2. The molecular formula is C36H41NO8. The van der Waals surface area contributed by atoms with Crippen molar-refractivity contribution in [3.05, 3.63) is 64.2 Å². The predicted octanol–water partition coefficient (Wildman–Crippen LogP) is 4.81. The summed E-state index contributed by atoms with van der Waals surface area (Å²) in [6.45, 7) is 5.84. The van der Waals surface area contributed by atoms with Gasteiger partial charge in [-0.15, -0.1) is 0 Å². The van der Waals surface area contributed by atoms with Crippen molar-refractivity contribution >= 4 is 23.4 Å². The largest absolute Gasteiger partial charge is 0.508 e. The van der Waals surface area contributed by atoms with E-state index in [9.17, 15) is 29.7 Å². The minimum Gasteiger partial charge on any atom is -0.508 e. The number of anilines is 1. The Balaban J connectivity index is 1.64. The summed E-state index contributed by atoms with van der Waals surface area (Å²) < 4.78 is 11.6. The van der Waals surface area contributed by atoms with Crippen molar-refractivity contribution in [3.63, 3.8) is 0 Å². The molecule has 9 nitrogen and oxygen atoms in total. The fraction of sp³-hybridized carbons (Fsp3) is 0.472. The smallest absolute Gasteiger partial charge is 0.334 e. The second-order valence-corrected chi connectivity index (χ2v) is 12.4. The Morgan fingerprint density at radius 3 is 2.44 bits per heavy atom. The molecule has 45 heavy (non-hydrogen) atoms. The number of esters is 2. The summed E-state index contributed by atoms with van der Waals surface area (Å²) in [7, 11) is 0. The standard InChI is InChI=1S/C36H41NO8/c1-4-22-14-23(25-12-21(20-38)13-28(15-25)37-5-2)6-7-24-18-34(41)44-32-19-31(40)26(16-30(24)32)17-33(45-35(22)42)36(3,43)27-8-10-29(39)11-9-27/h4,12-13,15-16,19,23-24,27,33,37-38,40,43H,5,8-11,14,17-18,20H2,1-3H3/b22-4-/t23-,24-,33+,36-/m0/s1. The molecule has 1 saturated carbocycles. The highest BCUT2D eigenvalue weighted by molar-refractivity contribution is 5.89. The van der Waals surface area contributed by atoms with Crippen molar-refractivity contribution in [2.75, 3.05) is 11.9 Å². The average Bonchev–Trinajstić information content (AvgIpc) is 3.01. The van der Waals surface area contributed by atoms with Gasteiger partial charge in [0.1, 0.15) is 29.0 Å². The average molecular weight is 616 g/mol. The molecule has 0 aromatic heterocycles. The summed E-state index contributed by atoms with van der Waals surface area (Å²) in [5.41, 5.74) is 2.18. The van der Waals surface area contributed by atoms with E-state index in [4.69, 9.17) is 9.47 Å². The van der Waals surface area contributed by atoms with Crippen LogP contribution in [0.25, 0.3) is 0 Å². The summed E-state index contributed by atoms with van der Waals surface area (Å²) in [6, 6.07) is 8.75. The van der Waals surface area contributed by atoms with Gasteiger partial charge in [-0.2, -0.15) is 0 Å². The van der Waals surface area contributed by atoms with Gasteiger partial charge in [-0.05, 0) is 80.8 Å². The first-order chi connectivity index (χ1) is 21.5. The molecule has 1 fully saturated rings. The molecule has 9 heteroatoms. The number of Topliss-reactive ketones (excluding diaryl/α,β-unsaturated/α-hetero) is 1. The van der Waals surface area contributed by atoms with Crippen LogP contribution in [0.3, 0.4) is 0 Å². The maximum atomic E-state index is 13.9. The number of carbonyl (C=O) groups is 3. The van der Waals surface area contributed by atoms with E-state index >= 15 is 0 Å². The highest BCUT2D eigenvalue weighted by Crippen LogP contribution is 2.42. The van der Waals surface area contributed by atoms with Gasteiger partial charge in [-0.3, -0.25) is 9.59 Å². The van der Waals surface area contributed by atoms with Crippen LogP contribution in [0.1, 0.15) is 93.4 Å². The van der Waals surface area contributed by atoms with Crippen LogP contribution in [0, 0.1) is 17.8 Å². The number of hydrogen-bond acceptors (Lipinski definition) is 9. The number of allylic oxidation sites excluding steroid dienone is 1. The zero-order valence-electron chi connectivity index (χ0n) is 26.0. The number of hydrogen-bond donors (Lipinski definition) is 4. The third-order valence-electron chi connectivity index (χ3n) is 9.30. The molecule has 0 radical (unpaired) electrons. The molecule has 0 amide bonds. The molecule has 1 aliphatic carbocycles. The normalized spacial score (nSPS) is 24.6. The number of aromatic hydroxyl groups is 1. The Morgan fingerprint density at radius 1 is 1.02 bits per heavy atom. The van der Waals surface area contributed by atoms with Crippen LogP contribution in [-0.2, 0) is 32.1 Å². The number of nitrogens with one attached hydrogen (secondary N) is 1. The van der Waals surface area contributed by atoms with Gasteiger partial charge in [-0.1, -0.05) is 24.0 Å². The Labute approximate surface area is 263 Å². The van der Waals surface area contributed by atoms with Crippen LogP contribution in [-0.4, -0.2) is 51.3 Å². The van der Waals surface area contributed by atoms with Crippen molar-refractivity contribution < 1.29 is 39.2 Å². The molecule has 0 unspecified atom stereocenters. The van der Waals surface area contributed by atoms with Gasteiger partial charge in [-0.25, -0.2) is 4.79 Å². The Bertz CT molecular complexity index is 1570. The molecule has 2 aromatic carbocycles. The van der Waals surface area contributed by atoms with E-state index in [1.165, 1.54) is 6.07 Å². The van der Waals surface area contributed by atoms with E-state index in [1.54, 1.807) is 26.0 Å². The third kappa shape index (κ3) is 7.08. The van der Waals surface area contributed by atoms with Crippen molar-refractivity contribution in [2.45, 2.75) is 95.9 Å². The lowest BCUT2D eigenvalue weighted by Crippen LogP contribution is -2.50. The summed E-state index contributed by atoms with van der Waals surface area (Å²) in [6.07, 6.45) is 2.45. The number of cyclic esters (lactones) is 1. The molecule has 2 bridgehead atoms. The lowest BCUT2D eigenvalue weighted by atomic mass is 9.73. The first kappa shape index (κ1) is 32.3. The number of fused-ring (bicyclic) bond motifs is 1. The second kappa shape index (κ2) is 13.5. The molecule has 238 valence electrons. The molecule has 3 aliphatic rings. The van der Waals surface area contributed by atoms with Crippen molar-refractivity contribution in [3.8, 4) is 23.3 Å². The van der Waals surface area contributed by atoms with Crippen molar-refractivity contribution in [2.24, 2.45) is 5.92 Å². The zero-order valence-corrected chi connectivity index (χ0v) is 26.0. The lowest BCUT2D eigenvalue weighted by Gasteiger charge is -2.40. The van der Waals surface area contributed by atoms with Gasteiger partial charge in [0.25, 0.3) is 0 Å². The number of carbonyl (C=O) groups excluding carboxylic acids is 3. The van der Waals surface area contributed by atoms with Gasteiger partial charge in [0.15, 0.2) is 0 Å². The molecule has 2 aliphatic heterocycles. The van der Waals surface area contributed by atoms with E-state index < -0.39 is 35.5 Å². The van der Waals surface area contributed by atoms with Crippen LogP contribution < -0.4 is 10.1 Å². The maximum Gasteiger partial charge on any atom is 0.334 e. The fourth-order valence-corrected chi connectivity index (χ4v) is 6.60.